The van der Waals surface area contributed by atoms with Crippen molar-refractivity contribution < 1.29 is 4.79 Å². The number of nitrogens with one attached hydrogen (secondary N) is 2. The van der Waals surface area contributed by atoms with Crippen LogP contribution in [0.3, 0.4) is 0 Å². The van der Waals surface area contributed by atoms with E-state index in [1.807, 2.05) is 31.2 Å². The molecule has 3 nitrogen and oxygen atoms in total. The fourth-order valence-corrected chi connectivity index (χ4v) is 3.21. The highest BCUT2D eigenvalue weighted by Gasteiger charge is 2.19. The number of thioether (sulfide) groups is 1. The van der Waals surface area contributed by atoms with Gasteiger partial charge in [0.2, 0.25) is 5.91 Å². The van der Waals surface area contributed by atoms with E-state index in [0.717, 1.165) is 35.3 Å². The summed E-state index contributed by atoms with van der Waals surface area (Å²) < 4.78 is 1.06. The van der Waals surface area contributed by atoms with E-state index in [-0.39, 0.29) is 17.2 Å². The Kier molecular flexibility index (Phi) is 5.73. The molecule has 0 radical (unpaired) electrons. The minimum Gasteiger partial charge on any atom is -0.351 e. The van der Waals surface area contributed by atoms with Crippen molar-refractivity contribution >= 4 is 33.6 Å². The van der Waals surface area contributed by atoms with E-state index in [1.165, 1.54) is 0 Å². The standard InChI is InChI=1S/C14H19BrN2OS/c1-10(19-13-6-4-11(15)5-7-13)14(18)17-12-3-2-8-16-9-12/h4-7,10,12,16H,2-3,8-9H2,1H3,(H,17,18). The monoisotopic (exact) mass is 342 g/mol. The lowest BCUT2D eigenvalue weighted by atomic mass is 10.1. The highest BCUT2D eigenvalue weighted by molar-refractivity contribution is 9.10. The van der Waals surface area contributed by atoms with Gasteiger partial charge in [0.25, 0.3) is 0 Å². The van der Waals surface area contributed by atoms with Gasteiger partial charge in [0, 0.05) is 22.0 Å². The van der Waals surface area contributed by atoms with Gasteiger partial charge < -0.3 is 10.6 Å². The van der Waals surface area contributed by atoms with Crippen LogP contribution in [-0.4, -0.2) is 30.3 Å². The van der Waals surface area contributed by atoms with Crippen LogP contribution in [-0.2, 0) is 4.79 Å². The fourth-order valence-electron chi connectivity index (χ4n) is 2.06. The second kappa shape index (κ2) is 7.31. The quantitative estimate of drug-likeness (QED) is 0.826. The van der Waals surface area contributed by atoms with Crippen molar-refractivity contribution in [3.05, 3.63) is 28.7 Å². The summed E-state index contributed by atoms with van der Waals surface area (Å²) >= 11 is 5.01. The second-order valence-electron chi connectivity index (χ2n) is 4.77. The van der Waals surface area contributed by atoms with Gasteiger partial charge in [0.15, 0.2) is 0 Å². The molecule has 2 atom stereocenters. The number of hydrogen-bond donors (Lipinski definition) is 2. The molecule has 0 aromatic heterocycles. The van der Waals surface area contributed by atoms with Gasteiger partial charge >= 0.3 is 0 Å². The summed E-state index contributed by atoms with van der Waals surface area (Å²) in [6.45, 7) is 3.91. The SMILES string of the molecule is CC(Sc1ccc(Br)cc1)C(=O)NC1CCCNC1. The normalized spacial score (nSPS) is 20.8. The number of benzene rings is 1. The minimum absolute atomic E-state index is 0.0666. The van der Waals surface area contributed by atoms with Crippen LogP contribution in [0.2, 0.25) is 0 Å². The van der Waals surface area contributed by atoms with E-state index >= 15 is 0 Å². The summed E-state index contributed by atoms with van der Waals surface area (Å²) in [6.07, 6.45) is 2.22. The Hall–Kier alpha value is -0.520. The molecule has 5 heteroatoms. The zero-order valence-electron chi connectivity index (χ0n) is 11.0. The number of carbonyl (C=O) groups is 1. The van der Waals surface area contributed by atoms with Gasteiger partial charge in [-0.25, -0.2) is 0 Å². The Balaban J connectivity index is 1.83. The fraction of sp³-hybridized carbons (Fsp3) is 0.500. The van der Waals surface area contributed by atoms with E-state index in [1.54, 1.807) is 11.8 Å². The van der Waals surface area contributed by atoms with Crippen molar-refractivity contribution in [3.8, 4) is 0 Å². The van der Waals surface area contributed by atoms with E-state index in [9.17, 15) is 4.79 Å². The lowest BCUT2D eigenvalue weighted by molar-refractivity contribution is -0.121. The van der Waals surface area contributed by atoms with E-state index in [0.29, 0.717) is 0 Å². The molecule has 1 fully saturated rings. The zero-order valence-corrected chi connectivity index (χ0v) is 13.4. The maximum atomic E-state index is 12.1. The van der Waals surface area contributed by atoms with Crippen LogP contribution >= 0.6 is 27.7 Å². The molecule has 2 N–H and O–H groups in total. The van der Waals surface area contributed by atoms with E-state index < -0.39 is 0 Å². The lowest BCUT2D eigenvalue weighted by Crippen LogP contribution is -2.47. The number of hydrogen-bond acceptors (Lipinski definition) is 3. The first-order chi connectivity index (χ1) is 9.15. The van der Waals surface area contributed by atoms with Gasteiger partial charge in [-0.2, -0.15) is 0 Å². The molecule has 2 unspecified atom stereocenters. The molecular weight excluding hydrogens is 324 g/mol. The molecule has 1 heterocycles. The molecule has 1 aliphatic rings. The van der Waals surface area contributed by atoms with E-state index in [4.69, 9.17) is 0 Å². The lowest BCUT2D eigenvalue weighted by Gasteiger charge is -2.25. The van der Waals surface area contributed by atoms with Crippen molar-refractivity contribution in [1.29, 1.82) is 0 Å². The van der Waals surface area contributed by atoms with Crippen molar-refractivity contribution in [3.63, 3.8) is 0 Å². The van der Waals surface area contributed by atoms with Crippen LogP contribution in [0, 0.1) is 0 Å². The second-order valence-corrected chi connectivity index (χ2v) is 7.10. The van der Waals surface area contributed by atoms with Crippen LogP contribution in [0.25, 0.3) is 0 Å². The number of carbonyl (C=O) groups excluding carboxylic acids is 1. The van der Waals surface area contributed by atoms with Crippen molar-refractivity contribution in [2.24, 2.45) is 0 Å². The molecule has 0 spiro atoms. The third-order valence-corrected chi connectivity index (χ3v) is 4.78. The average Bonchev–Trinajstić information content (AvgIpc) is 2.42. The summed E-state index contributed by atoms with van der Waals surface area (Å²) in [4.78, 5) is 13.2. The third kappa shape index (κ3) is 4.82. The molecule has 0 bridgehead atoms. The van der Waals surface area contributed by atoms with Crippen molar-refractivity contribution in [2.75, 3.05) is 13.1 Å². The molecule has 1 aromatic carbocycles. The maximum absolute atomic E-state index is 12.1. The van der Waals surface area contributed by atoms with Crippen LogP contribution < -0.4 is 10.6 Å². The molecule has 1 saturated heterocycles. The van der Waals surface area contributed by atoms with Gasteiger partial charge in [0.1, 0.15) is 0 Å². The molecule has 1 aliphatic heterocycles. The van der Waals surface area contributed by atoms with Gasteiger partial charge in [-0.1, -0.05) is 15.9 Å². The molecule has 0 aliphatic carbocycles. The average molecular weight is 343 g/mol. The Morgan fingerprint density at radius 1 is 1.47 bits per heavy atom. The zero-order chi connectivity index (χ0) is 13.7. The number of piperidine rings is 1. The highest BCUT2D eigenvalue weighted by atomic mass is 79.9. The minimum atomic E-state index is -0.0666. The number of halogens is 1. The predicted molar refractivity (Wildman–Crippen MR) is 83.5 cm³/mol. The molecule has 1 aromatic rings. The topological polar surface area (TPSA) is 41.1 Å². The predicted octanol–water partition coefficient (Wildman–Crippen LogP) is 2.80. The van der Waals surface area contributed by atoms with Crippen LogP contribution in [0.5, 0.6) is 0 Å². The van der Waals surface area contributed by atoms with Crippen LogP contribution in [0.15, 0.2) is 33.6 Å². The summed E-state index contributed by atoms with van der Waals surface area (Å²) in [7, 11) is 0. The van der Waals surface area contributed by atoms with Crippen molar-refractivity contribution in [2.45, 2.75) is 36.0 Å². The Labute approximate surface area is 127 Å². The van der Waals surface area contributed by atoms with Crippen LogP contribution in [0.4, 0.5) is 0 Å². The van der Waals surface area contributed by atoms with Gasteiger partial charge in [0.05, 0.1) is 5.25 Å². The molecule has 0 saturated carbocycles. The molecule has 19 heavy (non-hydrogen) atoms. The van der Waals surface area contributed by atoms with Gasteiger partial charge in [-0.3, -0.25) is 4.79 Å². The number of rotatable bonds is 4. The molecular formula is C14H19BrN2OS. The first-order valence-electron chi connectivity index (χ1n) is 6.58. The third-order valence-electron chi connectivity index (χ3n) is 3.14. The van der Waals surface area contributed by atoms with E-state index in [2.05, 4.69) is 26.6 Å². The smallest absolute Gasteiger partial charge is 0.233 e. The molecule has 104 valence electrons. The first-order valence-corrected chi connectivity index (χ1v) is 8.26. The summed E-state index contributed by atoms with van der Waals surface area (Å²) in [5.41, 5.74) is 0. The Bertz CT molecular complexity index is 418. The Morgan fingerprint density at radius 3 is 2.84 bits per heavy atom. The van der Waals surface area contributed by atoms with Crippen molar-refractivity contribution in [1.82, 2.24) is 10.6 Å². The first kappa shape index (κ1) is 14.9. The summed E-state index contributed by atoms with van der Waals surface area (Å²) in [6, 6.07) is 8.34. The Morgan fingerprint density at radius 2 is 2.21 bits per heavy atom. The maximum Gasteiger partial charge on any atom is 0.233 e. The highest BCUT2D eigenvalue weighted by Crippen LogP contribution is 2.25. The van der Waals surface area contributed by atoms with Gasteiger partial charge in [-0.05, 0) is 50.6 Å². The summed E-state index contributed by atoms with van der Waals surface area (Å²) in [5, 5.41) is 6.36. The molecule has 1 amide bonds. The molecule has 2 rings (SSSR count). The van der Waals surface area contributed by atoms with Gasteiger partial charge in [-0.15, -0.1) is 11.8 Å². The van der Waals surface area contributed by atoms with Crippen LogP contribution in [0.1, 0.15) is 19.8 Å². The number of amides is 1. The largest absolute Gasteiger partial charge is 0.351 e. The summed E-state index contributed by atoms with van der Waals surface area (Å²) in [5.74, 6) is 0.126.